The molecule has 0 aliphatic carbocycles. The fraction of sp³-hybridized carbons (Fsp3) is 0.160. The Bertz CT molecular complexity index is 1460. The van der Waals surface area contributed by atoms with Crippen LogP contribution >= 0.6 is 0 Å². The van der Waals surface area contributed by atoms with Gasteiger partial charge in [-0.2, -0.15) is 0 Å². The molecule has 0 radical (unpaired) electrons. The van der Waals surface area contributed by atoms with Gasteiger partial charge in [0.05, 0.1) is 10.4 Å². The van der Waals surface area contributed by atoms with Gasteiger partial charge in [-0.3, -0.25) is 4.79 Å². The van der Waals surface area contributed by atoms with E-state index in [0.29, 0.717) is 11.1 Å². The van der Waals surface area contributed by atoms with Crippen LogP contribution in [0.1, 0.15) is 30.9 Å². The minimum absolute atomic E-state index is 0.0110. The average molecular weight is 454 g/mol. The highest BCUT2D eigenvalue weighted by Gasteiger charge is 2.24. The maximum Gasteiger partial charge on any atom is 0.211 e. The van der Waals surface area contributed by atoms with Gasteiger partial charge >= 0.3 is 0 Å². The standard InChI is InChI=1S/C25H21F2NO3S/c1-16(2)18-5-10-21(11-6-18)32(30,31)24-15-28(14-17-3-7-19(26)8-4-17)23-12-9-20(27)13-22(23)25(24)29/h3-13,15-16H,14H2,1-2H3. The molecule has 0 aliphatic rings. The number of nitrogens with zero attached hydrogens (tertiary/aromatic N) is 1. The predicted molar refractivity (Wildman–Crippen MR) is 120 cm³/mol. The van der Waals surface area contributed by atoms with E-state index in [1.165, 1.54) is 42.6 Å². The molecule has 0 N–H and O–H groups in total. The van der Waals surface area contributed by atoms with Crippen LogP contribution in [0.3, 0.4) is 0 Å². The lowest BCUT2D eigenvalue weighted by Crippen LogP contribution is -2.20. The molecule has 1 aromatic heterocycles. The summed E-state index contributed by atoms with van der Waals surface area (Å²) in [5, 5.41) is -0.0352. The predicted octanol–water partition coefficient (Wildman–Crippen LogP) is 5.28. The second kappa shape index (κ2) is 8.31. The number of benzene rings is 3. The first-order valence-electron chi connectivity index (χ1n) is 10.1. The number of hydrogen-bond donors (Lipinski definition) is 0. The van der Waals surface area contributed by atoms with Crippen molar-refractivity contribution < 1.29 is 17.2 Å². The summed E-state index contributed by atoms with van der Waals surface area (Å²) in [5.41, 5.74) is 1.29. The van der Waals surface area contributed by atoms with Crippen molar-refractivity contribution in [3.8, 4) is 0 Å². The molecule has 4 aromatic rings. The lowest BCUT2D eigenvalue weighted by atomic mass is 10.0. The Morgan fingerprint density at radius 3 is 2.12 bits per heavy atom. The van der Waals surface area contributed by atoms with Crippen molar-refractivity contribution in [2.24, 2.45) is 0 Å². The van der Waals surface area contributed by atoms with Gasteiger partial charge in [0.1, 0.15) is 16.5 Å². The number of pyridine rings is 1. The van der Waals surface area contributed by atoms with E-state index in [-0.39, 0.29) is 22.7 Å². The normalized spacial score (nSPS) is 11.9. The molecule has 0 atom stereocenters. The van der Waals surface area contributed by atoms with Gasteiger partial charge in [-0.05, 0) is 59.5 Å². The van der Waals surface area contributed by atoms with Crippen LogP contribution in [0.2, 0.25) is 0 Å². The average Bonchev–Trinajstić information content (AvgIpc) is 2.77. The molecule has 4 nitrogen and oxygen atoms in total. The third-order valence-electron chi connectivity index (χ3n) is 5.42. The van der Waals surface area contributed by atoms with Crippen LogP contribution in [0.4, 0.5) is 8.78 Å². The Morgan fingerprint density at radius 1 is 0.875 bits per heavy atom. The van der Waals surface area contributed by atoms with E-state index in [9.17, 15) is 22.0 Å². The fourth-order valence-corrected chi connectivity index (χ4v) is 4.98. The minimum atomic E-state index is -4.15. The molecular formula is C25H21F2NO3S. The number of fused-ring (bicyclic) bond motifs is 1. The molecule has 0 spiro atoms. The van der Waals surface area contributed by atoms with Crippen molar-refractivity contribution in [3.63, 3.8) is 0 Å². The highest BCUT2D eigenvalue weighted by Crippen LogP contribution is 2.24. The van der Waals surface area contributed by atoms with E-state index in [1.54, 1.807) is 28.8 Å². The summed E-state index contributed by atoms with van der Waals surface area (Å²) in [7, 11) is -4.15. The molecule has 1 heterocycles. The van der Waals surface area contributed by atoms with E-state index in [2.05, 4.69) is 0 Å². The maximum atomic E-state index is 14.0. The summed E-state index contributed by atoms with van der Waals surface area (Å²) in [6.07, 6.45) is 1.28. The Morgan fingerprint density at radius 2 is 1.50 bits per heavy atom. The SMILES string of the molecule is CC(C)c1ccc(S(=O)(=O)c2cn(Cc3ccc(F)cc3)c3ccc(F)cc3c2=O)cc1. The first kappa shape index (κ1) is 21.9. The van der Waals surface area contributed by atoms with E-state index >= 15 is 0 Å². The molecule has 0 amide bonds. The Labute approximate surface area is 184 Å². The largest absolute Gasteiger partial charge is 0.341 e. The fourth-order valence-electron chi connectivity index (χ4n) is 3.61. The smallest absolute Gasteiger partial charge is 0.211 e. The molecule has 32 heavy (non-hydrogen) atoms. The van der Waals surface area contributed by atoms with E-state index < -0.39 is 31.8 Å². The van der Waals surface area contributed by atoms with Gasteiger partial charge in [-0.15, -0.1) is 0 Å². The van der Waals surface area contributed by atoms with Crippen LogP contribution in [-0.4, -0.2) is 13.0 Å². The number of rotatable bonds is 5. The zero-order valence-electron chi connectivity index (χ0n) is 17.5. The molecule has 0 unspecified atom stereocenters. The third-order valence-corrected chi connectivity index (χ3v) is 7.18. The van der Waals surface area contributed by atoms with E-state index in [4.69, 9.17) is 0 Å². The van der Waals surface area contributed by atoms with Gasteiger partial charge in [0, 0.05) is 18.1 Å². The molecule has 0 aliphatic heterocycles. The molecule has 164 valence electrons. The van der Waals surface area contributed by atoms with E-state index in [0.717, 1.165) is 11.6 Å². The Kier molecular flexibility index (Phi) is 5.69. The van der Waals surface area contributed by atoms with Crippen LogP contribution in [0.15, 0.2) is 87.5 Å². The highest BCUT2D eigenvalue weighted by molar-refractivity contribution is 7.91. The number of sulfone groups is 1. The van der Waals surface area contributed by atoms with Gasteiger partial charge in [0.15, 0.2) is 0 Å². The summed E-state index contributed by atoms with van der Waals surface area (Å²) in [6.45, 7) is 4.17. The summed E-state index contributed by atoms with van der Waals surface area (Å²) < 4.78 is 55.5. The number of halogens is 2. The molecule has 4 rings (SSSR count). The molecule has 7 heteroatoms. The zero-order valence-corrected chi connectivity index (χ0v) is 18.4. The second-order valence-electron chi connectivity index (χ2n) is 7.97. The van der Waals surface area contributed by atoms with Crippen LogP contribution in [0, 0.1) is 11.6 Å². The van der Waals surface area contributed by atoms with E-state index in [1.807, 2.05) is 13.8 Å². The van der Waals surface area contributed by atoms with Crippen molar-refractivity contribution >= 4 is 20.7 Å². The van der Waals surface area contributed by atoms with Crippen LogP contribution in [0.5, 0.6) is 0 Å². The Hall–Kier alpha value is -3.32. The molecule has 0 saturated heterocycles. The summed E-state index contributed by atoms with van der Waals surface area (Å²) >= 11 is 0. The second-order valence-corrected chi connectivity index (χ2v) is 9.88. The van der Waals surface area contributed by atoms with Crippen molar-refractivity contribution in [1.29, 1.82) is 0 Å². The first-order chi connectivity index (χ1) is 15.2. The molecule has 0 saturated carbocycles. The lowest BCUT2D eigenvalue weighted by molar-refractivity contribution is 0.593. The molecule has 3 aromatic carbocycles. The van der Waals surface area contributed by atoms with Crippen molar-refractivity contribution in [1.82, 2.24) is 4.57 Å². The van der Waals surface area contributed by atoms with Crippen LogP contribution in [-0.2, 0) is 16.4 Å². The van der Waals surface area contributed by atoms with Gasteiger partial charge < -0.3 is 4.57 Å². The Balaban J connectivity index is 1.91. The van der Waals surface area contributed by atoms with Crippen LogP contribution in [0.25, 0.3) is 10.9 Å². The maximum absolute atomic E-state index is 14.0. The summed E-state index contributed by atoms with van der Waals surface area (Å²) in [6, 6.07) is 15.8. The molecular weight excluding hydrogens is 432 g/mol. The van der Waals surface area contributed by atoms with Gasteiger partial charge in [-0.1, -0.05) is 38.1 Å². The first-order valence-corrected chi connectivity index (χ1v) is 11.6. The van der Waals surface area contributed by atoms with Gasteiger partial charge in [0.25, 0.3) is 0 Å². The minimum Gasteiger partial charge on any atom is -0.341 e. The molecule has 0 fully saturated rings. The number of hydrogen-bond acceptors (Lipinski definition) is 3. The topological polar surface area (TPSA) is 56.1 Å². The summed E-state index contributed by atoms with van der Waals surface area (Å²) in [4.78, 5) is 12.7. The van der Waals surface area contributed by atoms with Crippen molar-refractivity contribution in [3.05, 3.63) is 106 Å². The highest BCUT2D eigenvalue weighted by atomic mass is 32.2. The third kappa shape index (κ3) is 4.08. The zero-order chi connectivity index (χ0) is 23.0. The van der Waals surface area contributed by atoms with Gasteiger partial charge in [0.2, 0.25) is 15.3 Å². The number of aromatic nitrogens is 1. The van der Waals surface area contributed by atoms with Crippen molar-refractivity contribution in [2.75, 3.05) is 0 Å². The van der Waals surface area contributed by atoms with Crippen LogP contribution < -0.4 is 5.43 Å². The van der Waals surface area contributed by atoms with Gasteiger partial charge in [-0.25, -0.2) is 17.2 Å². The molecule has 0 bridgehead atoms. The lowest BCUT2D eigenvalue weighted by Gasteiger charge is -2.15. The van der Waals surface area contributed by atoms with Crippen molar-refractivity contribution in [2.45, 2.75) is 36.1 Å². The monoisotopic (exact) mass is 453 g/mol. The quantitative estimate of drug-likeness (QED) is 0.413. The summed E-state index contributed by atoms with van der Waals surface area (Å²) in [5.74, 6) is -0.809.